The van der Waals surface area contributed by atoms with E-state index >= 15 is 0 Å². The maximum atomic E-state index is 5.30. The lowest BCUT2D eigenvalue weighted by atomic mass is 10.2. The maximum Gasteiger partial charge on any atom is 0.147 e. The number of rotatable bonds is 5. The van der Waals surface area contributed by atoms with Gasteiger partial charge in [0.1, 0.15) is 5.75 Å². The summed E-state index contributed by atoms with van der Waals surface area (Å²) in [4.78, 5) is 0. The van der Waals surface area contributed by atoms with Gasteiger partial charge in [-0.3, -0.25) is 4.68 Å². The average Bonchev–Trinajstić information content (AvgIpc) is 2.70. The largest absolute Gasteiger partial charge is 0.494 e. The van der Waals surface area contributed by atoms with E-state index in [1.54, 1.807) is 7.11 Å². The zero-order chi connectivity index (χ0) is 14.7. The number of hydrogen-bond acceptors (Lipinski definition) is 3. The van der Waals surface area contributed by atoms with Gasteiger partial charge < -0.3 is 10.1 Å². The molecule has 0 amide bonds. The molecule has 0 spiro atoms. The van der Waals surface area contributed by atoms with E-state index < -0.39 is 0 Å². The van der Waals surface area contributed by atoms with Crippen molar-refractivity contribution < 1.29 is 4.74 Å². The van der Waals surface area contributed by atoms with Crippen molar-refractivity contribution in [3.8, 4) is 5.75 Å². The molecular weight excluding hydrogens is 386 g/mol. The van der Waals surface area contributed by atoms with Gasteiger partial charge in [0.25, 0.3) is 0 Å². The highest BCUT2D eigenvalue weighted by molar-refractivity contribution is 9.11. The summed E-state index contributed by atoms with van der Waals surface area (Å²) < 4.78 is 9.08. The first kappa shape index (κ1) is 15.5. The molecule has 1 aromatic heterocycles. The smallest absolute Gasteiger partial charge is 0.147 e. The normalized spacial score (nSPS) is 10.8. The number of nitrogens with zero attached hydrogens (tertiary/aromatic N) is 2. The predicted octanol–water partition coefficient (Wildman–Crippen LogP) is 3.55. The van der Waals surface area contributed by atoms with Crippen molar-refractivity contribution in [3.63, 3.8) is 0 Å². The van der Waals surface area contributed by atoms with Crippen LogP contribution in [0.3, 0.4) is 0 Å². The summed E-state index contributed by atoms with van der Waals surface area (Å²) in [6.07, 6.45) is 1.90. The maximum absolute atomic E-state index is 5.30. The minimum atomic E-state index is 0.787. The standard InChI is InChI=1S/C14H17Br2N3O/c1-9-11(8-18-19(9)2)7-17-6-10-4-12(15)14(20-3)13(16)5-10/h4-5,8,17H,6-7H2,1-3H3. The van der Waals surface area contributed by atoms with Gasteiger partial charge in [0.05, 0.1) is 22.3 Å². The number of nitrogens with one attached hydrogen (secondary N) is 1. The van der Waals surface area contributed by atoms with E-state index in [1.807, 2.05) is 17.9 Å². The molecule has 20 heavy (non-hydrogen) atoms. The molecule has 0 unspecified atom stereocenters. The highest BCUT2D eigenvalue weighted by Crippen LogP contribution is 2.34. The third-order valence-corrected chi connectivity index (χ3v) is 4.42. The molecule has 0 bridgehead atoms. The molecular formula is C14H17Br2N3O. The van der Waals surface area contributed by atoms with Crippen molar-refractivity contribution in [2.24, 2.45) is 7.05 Å². The van der Waals surface area contributed by atoms with Gasteiger partial charge in [-0.05, 0) is 56.5 Å². The van der Waals surface area contributed by atoms with Gasteiger partial charge in [-0.15, -0.1) is 0 Å². The van der Waals surface area contributed by atoms with Gasteiger partial charge >= 0.3 is 0 Å². The van der Waals surface area contributed by atoms with Crippen LogP contribution in [0.5, 0.6) is 5.75 Å². The Morgan fingerprint density at radius 3 is 2.40 bits per heavy atom. The van der Waals surface area contributed by atoms with Gasteiger partial charge in [-0.1, -0.05) is 0 Å². The second kappa shape index (κ2) is 6.74. The number of benzene rings is 1. The zero-order valence-corrected chi connectivity index (χ0v) is 14.9. The summed E-state index contributed by atoms with van der Waals surface area (Å²) in [5.74, 6) is 0.817. The lowest BCUT2D eigenvalue weighted by Crippen LogP contribution is -2.13. The third-order valence-electron chi connectivity index (χ3n) is 3.24. The Morgan fingerprint density at radius 2 is 1.90 bits per heavy atom. The van der Waals surface area contributed by atoms with E-state index in [-0.39, 0.29) is 0 Å². The molecule has 0 saturated heterocycles. The van der Waals surface area contributed by atoms with Crippen molar-refractivity contribution in [2.75, 3.05) is 7.11 Å². The van der Waals surface area contributed by atoms with Crippen molar-refractivity contribution >= 4 is 31.9 Å². The fraction of sp³-hybridized carbons (Fsp3) is 0.357. The molecule has 1 aromatic carbocycles. The molecule has 0 atom stereocenters. The lowest BCUT2D eigenvalue weighted by Gasteiger charge is -2.10. The number of halogens is 2. The molecule has 2 rings (SSSR count). The Hall–Kier alpha value is -0.850. The van der Waals surface area contributed by atoms with Crippen LogP contribution in [-0.2, 0) is 20.1 Å². The summed E-state index contributed by atoms with van der Waals surface area (Å²) in [5, 5.41) is 7.67. The third kappa shape index (κ3) is 3.42. The van der Waals surface area contributed by atoms with Crippen LogP contribution in [0.4, 0.5) is 0 Å². The number of ether oxygens (including phenoxy) is 1. The summed E-state index contributed by atoms with van der Waals surface area (Å²) in [7, 11) is 3.62. The Morgan fingerprint density at radius 1 is 1.25 bits per heavy atom. The molecule has 0 radical (unpaired) electrons. The first-order valence-electron chi connectivity index (χ1n) is 6.23. The lowest BCUT2D eigenvalue weighted by molar-refractivity contribution is 0.409. The molecule has 0 fully saturated rings. The summed E-state index contributed by atoms with van der Waals surface area (Å²) in [5.41, 5.74) is 3.60. The summed E-state index contributed by atoms with van der Waals surface area (Å²) in [6, 6.07) is 4.12. The van der Waals surface area contributed by atoms with E-state index in [2.05, 4.69) is 61.3 Å². The molecule has 1 heterocycles. The van der Waals surface area contributed by atoms with Crippen LogP contribution >= 0.6 is 31.9 Å². The number of methoxy groups -OCH3 is 1. The van der Waals surface area contributed by atoms with Crippen LogP contribution in [0.15, 0.2) is 27.3 Å². The Balaban J connectivity index is 1.99. The van der Waals surface area contributed by atoms with Crippen molar-refractivity contribution in [1.82, 2.24) is 15.1 Å². The second-order valence-electron chi connectivity index (χ2n) is 4.58. The van der Waals surface area contributed by atoms with E-state index in [0.29, 0.717) is 0 Å². The highest BCUT2D eigenvalue weighted by Gasteiger charge is 2.08. The monoisotopic (exact) mass is 401 g/mol. The van der Waals surface area contributed by atoms with Crippen molar-refractivity contribution in [1.29, 1.82) is 0 Å². The van der Waals surface area contributed by atoms with E-state index in [4.69, 9.17) is 4.74 Å². The highest BCUT2D eigenvalue weighted by atomic mass is 79.9. The molecule has 108 valence electrons. The van der Waals surface area contributed by atoms with E-state index in [9.17, 15) is 0 Å². The molecule has 2 aromatic rings. The van der Waals surface area contributed by atoms with Gasteiger partial charge in [0.15, 0.2) is 0 Å². The van der Waals surface area contributed by atoms with E-state index in [1.165, 1.54) is 16.8 Å². The van der Waals surface area contributed by atoms with Crippen LogP contribution in [0.25, 0.3) is 0 Å². The van der Waals surface area contributed by atoms with Crippen molar-refractivity contribution in [2.45, 2.75) is 20.0 Å². The fourth-order valence-corrected chi connectivity index (χ4v) is 3.57. The predicted molar refractivity (Wildman–Crippen MR) is 86.9 cm³/mol. The first-order chi connectivity index (χ1) is 9.52. The number of aromatic nitrogens is 2. The topological polar surface area (TPSA) is 39.1 Å². The summed E-state index contributed by atoms with van der Waals surface area (Å²) in [6.45, 7) is 3.67. The molecule has 1 N–H and O–H groups in total. The second-order valence-corrected chi connectivity index (χ2v) is 6.28. The molecule has 4 nitrogen and oxygen atoms in total. The fourth-order valence-electron chi connectivity index (χ4n) is 1.97. The molecule has 0 aliphatic rings. The van der Waals surface area contributed by atoms with Crippen LogP contribution in [0.2, 0.25) is 0 Å². The average molecular weight is 403 g/mol. The van der Waals surface area contributed by atoms with Gasteiger partial charge in [-0.25, -0.2) is 0 Å². The number of aryl methyl sites for hydroxylation is 1. The Bertz CT molecular complexity index is 587. The minimum Gasteiger partial charge on any atom is -0.494 e. The van der Waals surface area contributed by atoms with Gasteiger partial charge in [0.2, 0.25) is 0 Å². The SMILES string of the molecule is COc1c(Br)cc(CNCc2cnn(C)c2C)cc1Br. The first-order valence-corrected chi connectivity index (χ1v) is 7.81. The van der Waals surface area contributed by atoms with Gasteiger partial charge in [-0.2, -0.15) is 5.10 Å². The number of hydrogen-bond donors (Lipinski definition) is 1. The molecule has 0 aliphatic carbocycles. The molecule has 6 heteroatoms. The van der Waals surface area contributed by atoms with Crippen LogP contribution in [-0.4, -0.2) is 16.9 Å². The Labute approximate surface area is 135 Å². The van der Waals surface area contributed by atoms with Crippen LogP contribution in [0, 0.1) is 6.92 Å². The molecule has 0 aliphatic heterocycles. The Kier molecular flexibility index (Phi) is 5.23. The molecule has 0 saturated carbocycles. The van der Waals surface area contributed by atoms with Gasteiger partial charge in [0, 0.05) is 31.4 Å². The van der Waals surface area contributed by atoms with Crippen LogP contribution in [0.1, 0.15) is 16.8 Å². The quantitative estimate of drug-likeness (QED) is 0.831. The minimum absolute atomic E-state index is 0.787. The van der Waals surface area contributed by atoms with Crippen LogP contribution < -0.4 is 10.1 Å². The zero-order valence-electron chi connectivity index (χ0n) is 11.7. The van der Waals surface area contributed by atoms with E-state index in [0.717, 1.165) is 27.8 Å². The van der Waals surface area contributed by atoms with Crippen molar-refractivity contribution in [3.05, 3.63) is 44.1 Å². The summed E-state index contributed by atoms with van der Waals surface area (Å²) >= 11 is 7.03.